The summed E-state index contributed by atoms with van der Waals surface area (Å²) >= 11 is 7.70. The van der Waals surface area contributed by atoms with E-state index >= 15 is 0 Å². The van der Waals surface area contributed by atoms with Gasteiger partial charge in [0.25, 0.3) is 0 Å². The van der Waals surface area contributed by atoms with Crippen molar-refractivity contribution < 1.29 is 9.47 Å². The van der Waals surface area contributed by atoms with Crippen LogP contribution < -0.4 is 9.47 Å². The Balaban J connectivity index is 1.68. The molecular formula is C19H20ClN3O2S. The monoisotopic (exact) mass is 389 g/mol. The molecule has 7 heteroatoms. The first-order chi connectivity index (χ1) is 12.7. The van der Waals surface area contributed by atoms with Gasteiger partial charge in [0, 0.05) is 12.3 Å². The second kappa shape index (κ2) is 8.96. The Morgan fingerprint density at radius 2 is 1.77 bits per heavy atom. The fourth-order valence-corrected chi connectivity index (χ4v) is 3.57. The van der Waals surface area contributed by atoms with Crippen molar-refractivity contribution in [3.63, 3.8) is 0 Å². The summed E-state index contributed by atoms with van der Waals surface area (Å²) in [4.78, 5) is 0. The predicted molar refractivity (Wildman–Crippen MR) is 105 cm³/mol. The summed E-state index contributed by atoms with van der Waals surface area (Å²) in [5.41, 5.74) is 0.934. The maximum Gasteiger partial charge on any atom is 0.191 e. The summed E-state index contributed by atoms with van der Waals surface area (Å²) in [5, 5.41) is 10.2. The molecule has 0 atom stereocenters. The Morgan fingerprint density at radius 3 is 2.50 bits per heavy atom. The van der Waals surface area contributed by atoms with Gasteiger partial charge in [0.1, 0.15) is 11.5 Å². The highest BCUT2D eigenvalue weighted by atomic mass is 35.5. The van der Waals surface area contributed by atoms with E-state index in [-0.39, 0.29) is 0 Å². The quantitative estimate of drug-likeness (QED) is 0.409. The lowest BCUT2D eigenvalue weighted by Gasteiger charge is -2.10. The van der Waals surface area contributed by atoms with Gasteiger partial charge in [0.15, 0.2) is 11.0 Å². The highest BCUT2D eigenvalue weighted by Crippen LogP contribution is 2.31. The third kappa shape index (κ3) is 4.14. The molecule has 0 aliphatic heterocycles. The molecule has 0 amide bonds. The summed E-state index contributed by atoms with van der Waals surface area (Å²) in [7, 11) is 1.66. The summed E-state index contributed by atoms with van der Waals surface area (Å²) in [5.74, 6) is 3.03. The molecule has 0 spiro atoms. The number of halogens is 1. The summed E-state index contributed by atoms with van der Waals surface area (Å²) in [6.45, 7) is 3.38. The van der Waals surface area contributed by atoms with Crippen LogP contribution in [0.25, 0.3) is 11.4 Å². The second-order valence-electron chi connectivity index (χ2n) is 5.38. The first-order valence-corrected chi connectivity index (χ1v) is 9.67. The number of hydrogen-bond donors (Lipinski definition) is 0. The molecule has 0 unspecified atom stereocenters. The molecule has 0 radical (unpaired) electrons. The Morgan fingerprint density at radius 1 is 1.04 bits per heavy atom. The summed E-state index contributed by atoms with van der Waals surface area (Å²) < 4.78 is 13.3. The summed E-state index contributed by atoms with van der Waals surface area (Å²) in [6.07, 6.45) is 0. The van der Waals surface area contributed by atoms with Crippen LogP contribution in [0.4, 0.5) is 0 Å². The van der Waals surface area contributed by atoms with Crippen LogP contribution in [0.15, 0.2) is 53.7 Å². The molecule has 0 saturated carbocycles. The van der Waals surface area contributed by atoms with Gasteiger partial charge in [0.2, 0.25) is 0 Å². The lowest BCUT2D eigenvalue weighted by atomic mass is 10.2. The van der Waals surface area contributed by atoms with Gasteiger partial charge in [0.05, 0.1) is 24.3 Å². The molecule has 5 nitrogen and oxygen atoms in total. The van der Waals surface area contributed by atoms with Crippen LogP contribution in [0.2, 0.25) is 5.02 Å². The number of methoxy groups -OCH3 is 1. The van der Waals surface area contributed by atoms with Crippen LogP contribution in [-0.4, -0.2) is 34.2 Å². The second-order valence-corrected chi connectivity index (χ2v) is 6.85. The first kappa shape index (κ1) is 18.6. The SMILES string of the molecule is CCn1c(SCCOc2ccccc2Cl)nnc1-c1ccccc1OC. The molecule has 0 bridgehead atoms. The number of thioether (sulfide) groups is 1. The summed E-state index contributed by atoms with van der Waals surface area (Å²) in [6, 6.07) is 15.3. The third-order valence-electron chi connectivity index (χ3n) is 3.79. The smallest absolute Gasteiger partial charge is 0.191 e. The number of nitrogens with zero attached hydrogens (tertiary/aromatic N) is 3. The predicted octanol–water partition coefficient (Wildman–Crippen LogP) is 4.80. The topological polar surface area (TPSA) is 49.2 Å². The standard InChI is InChI=1S/C19H20ClN3O2S/c1-3-23-18(14-8-4-6-10-16(14)24-2)21-22-19(23)26-13-12-25-17-11-7-5-9-15(17)20/h4-11H,3,12-13H2,1-2H3. The molecule has 26 heavy (non-hydrogen) atoms. The maximum absolute atomic E-state index is 6.10. The van der Waals surface area contributed by atoms with Crippen molar-refractivity contribution in [3.8, 4) is 22.9 Å². The van der Waals surface area contributed by atoms with Gasteiger partial charge in [-0.2, -0.15) is 0 Å². The van der Waals surface area contributed by atoms with Crippen molar-refractivity contribution in [2.75, 3.05) is 19.5 Å². The van der Waals surface area contributed by atoms with Crippen molar-refractivity contribution in [2.45, 2.75) is 18.6 Å². The third-order valence-corrected chi connectivity index (χ3v) is 5.03. The molecule has 1 aromatic heterocycles. The zero-order valence-electron chi connectivity index (χ0n) is 14.7. The molecule has 3 rings (SSSR count). The van der Waals surface area contributed by atoms with Crippen molar-refractivity contribution in [2.24, 2.45) is 0 Å². The number of aromatic nitrogens is 3. The highest BCUT2D eigenvalue weighted by Gasteiger charge is 2.16. The van der Waals surface area contributed by atoms with E-state index in [1.54, 1.807) is 18.9 Å². The van der Waals surface area contributed by atoms with E-state index in [9.17, 15) is 0 Å². The van der Waals surface area contributed by atoms with Gasteiger partial charge in [-0.3, -0.25) is 0 Å². The van der Waals surface area contributed by atoms with Crippen LogP contribution in [0, 0.1) is 0 Å². The van der Waals surface area contributed by atoms with Gasteiger partial charge >= 0.3 is 0 Å². The number of para-hydroxylation sites is 2. The van der Waals surface area contributed by atoms with E-state index in [1.165, 1.54) is 0 Å². The fraction of sp³-hybridized carbons (Fsp3) is 0.263. The Kier molecular flexibility index (Phi) is 6.41. The van der Waals surface area contributed by atoms with Gasteiger partial charge in [-0.1, -0.05) is 47.6 Å². The molecule has 0 fully saturated rings. The van der Waals surface area contributed by atoms with E-state index in [0.29, 0.717) is 17.4 Å². The van der Waals surface area contributed by atoms with Gasteiger partial charge in [-0.15, -0.1) is 10.2 Å². The number of benzene rings is 2. The normalized spacial score (nSPS) is 10.7. The number of ether oxygens (including phenoxy) is 2. The van der Waals surface area contributed by atoms with Crippen molar-refractivity contribution in [3.05, 3.63) is 53.6 Å². The van der Waals surface area contributed by atoms with E-state index < -0.39 is 0 Å². The highest BCUT2D eigenvalue weighted by molar-refractivity contribution is 7.99. The average Bonchev–Trinajstić information content (AvgIpc) is 3.09. The van der Waals surface area contributed by atoms with Crippen LogP contribution in [0.1, 0.15) is 6.92 Å². The molecule has 136 valence electrons. The number of rotatable bonds is 8. The van der Waals surface area contributed by atoms with Crippen LogP contribution in [0.3, 0.4) is 0 Å². The van der Waals surface area contributed by atoms with Gasteiger partial charge < -0.3 is 14.0 Å². The molecule has 1 heterocycles. The molecule has 0 aliphatic carbocycles. The minimum Gasteiger partial charge on any atom is -0.496 e. The van der Waals surface area contributed by atoms with Crippen molar-refractivity contribution in [1.29, 1.82) is 0 Å². The zero-order valence-corrected chi connectivity index (χ0v) is 16.3. The lowest BCUT2D eigenvalue weighted by molar-refractivity contribution is 0.344. The van der Waals surface area contributed by atoms with Crippen LogP contribution in [0.5, 0.6) is 11.5 Å². The molecule has 0 aliphatic rings. The van der Waals surface area contributed by atoms with E-state index in [2.05, 4.69) is 21.7 Å². The lowest BCUT2D eigenvalue weighted by Crippen LogP contribution is -2.04. The Hall–Kier alpha value is -2.18. The minimum atomic E-state index is 0.537. The minimum absolute atomic E-state index is 0.537. The Bertz CT molecular complexity index is 869. The van der Waals surface area contributed by atoms with Crippen LogP contribution in [-0.2, 0) is 6.54 Å². The average molecular weight is 390 g/mol. The molecular weight excluding hydrogens is 370 g/mol. The van der Waals surface area contributed by atoms with Crippen molar-refractivity contribution in [1.82, 2.24) is 14.8 Å². The van der Waals surface area contributed by atoms with Crippen molar-refractivity contribution >= 4 is 23.4 Å². The molecule has 0 saturated heterocycles. The van der Waals surface area contributed by atoms with Gasteiger partial charge in [-0.05, 0) is 31.2 Å². The molecule has 2 aromatic carbocycles. The maximum atomic E-state index is 6.10. The molecule has 3 aromatic rings. The van der Waals surface area contributed by atoms with E-state index in [4.69, 9.17) is 21.1 Å². The Labute approximate surface area is 162 Å². The van der Waals surface area contributed by atoms with Crippen LogP contribution >= 0.6 is 23.4 Å². The van der Waals surface area contributed by atoms with E-state index in [1.807, 2.05) is 48.5 Å². The number of hydrogen-bond acceptors (Lipinski definition) is 5. The van der Waals surface area contributed by atoms with Gasteiger partial charge in [-0.25, -0.2) is 0 Å². The first-order valence-electron chi connectivity index (χ1n) is 8.31. The fourth-order valence-electron chi connectivity index (χ4n) is 2.56. The van der Waals surface area contributed by atoms with E-state index in [0.717, 1.165) is 34.6 Å². The molecule has 0 N–H and O–H groups in total. The largest absolute Gasteiger partial charge is 0.496 e. The zero-order chi connectivity index (χ0) is 18.4.